The molecule has 0 spiro atoms. The molecule has 1 aliphatic heterocycles. The molecule has 1 saturated heterocycles. The standard InChI is InChI=1S/C17H18F6N2O3/c1-10(26)25-4-3-24(15(27)14(25)9-28-2)8-11-5-12(16(18,19)20)7-13(6-11)17(21,22)23/h5-7,14H,3-4,8-9H2,1-2H3. The van der Waals surface area contributed by atoms with Gasteiger partial charge in [0.05, 0.1) is 17.7 Å². The number of piperazine rings is 1. The summed E-state index contributed by atoms with van der Waals surface area (Å²) in [5.41, 5.74) is -3.19. The molecule has 1 fully saturated rings. The molecule has 1 aliphatic rings. The highest BCUT2D eigenvalue weighted by Crippen LogP contribution is 2.36. The molecule has 28 heavy (non-hydrogen) atoms. The average Bonchev–Trinajstić information content (AvgIpc) is 2.56. The molecule has 0 saturated carbocycles. The first-order valence-corrected chi connectivity index (χ1v) is 8.18. The van der Waals surface area contributed by atoms with Crippen molar-refractivity contribution in [3.8, 4) is 0 Å². The van der Waals surface area contributed by atoms with E-state index in [-0.39, 0.29) is 37.2 Å². The van der Waals surface area contributed by atoms with Crippen molar-refractivity contribution in [3.05, 3.63) is 34.9 Å². The van der Waals surface area contributed by atoms with Crippen LogP contribution in [0.15, 0.2) is 18.2 Å². The third-order valence-corrected chi connectivity index (χ3v) is 4.33. The zero-order valence-corrected chi connectivity index (χ0v) is 15.0. The van der Waals surface area contributed by atoms with E-state index in [1.54, 1.807) is 0 Å². The monoisotopic (exact) mass is 412 g/mol. The Bertz CT molecular complexity index is 715. The van der Waals surface area contributed by atoms with Crippen LogP contribution in [0.1, 0.15) is 23.6 Å². The molecule has 1 unspecified atom stereocenters. The second kappa shape index (κ2) is 7.98. The Balaban J connectivity index is 2.34. The zero-order valence-electron chi connectivity index (χ0n) is 15.0. The van der Waals surface area contributed by atoms with Gasteiger partial charge in [-0.3, -0.25) is 9.59 Å². The number of nitrogens with zero attached hydrogens (tertiary/aromatic N) is 2. The van der Waals surface area contributed by atoms with Crippen molar-refractivity contribution >= 4 is 11.8 Å². The highest BCUT2D eigenvalue weighted by molar-refractivity contribution is 5.88. The van der Waals surface area contributed by atoms with Crippen LogP contribution in [0.2, 0.25) is 0 Å². The van der Waals surface area contributed by atoms with Gasteiger partial charge in [-0.15, -0.1) is 0 Å². The van der Waals surface area contributed by atoms with Crippen LogP contribution in [0.5, 0.6) is 0 Å². The van der Waals surface area contributed by atoms with Gasteiger partial charge in [0.25, 0.3) is 0 Å². The van der Waals surface area contributed by atoms with Gasteiger partial charge in [-0.1, -0.05) is 0 Å². The van der Waals surface area contributed by atoms with Crippen LogP contribution in [0, 0.1) is 0 Å². The van der Waals surface area contributed by atoms with Crippen molar-refractivity contribution in [1.82, 2.24) is 9.80 Å². The number of methoxy groups -OCH3 is 1. The predicted molar refractivity (Wildman–Crippen MR) is 84.9 cm³/mol. The first-order chi connectivity index (χ1) is 12.8. The molecule has 1 atom stereocenters. The van der Waals surface area contributed by atoms with E-state index >= 15 is 0 Å². The Morgan fingerprint density at radius 1 is 1.07 bits per heavy atom. The van der Waals surface area contributed by atoms with Crippen molar-refractivity contribution < 1.29 is 40.7 Å². The molecule has 0 bridgehead atoms. The van der Waals surface area contributed by atoms with Crippen LogP contribution in [0.4, 0.5) is 26.3 Å². The van der Waals surface area contributed by atoms with Crippen LogP contribution < -0.4 is 0 Å². The summed E-state index contributed by atoms with van der Waals surface area (Å²) in [6, 6.07) is 0.229. The molecule has 1 heterocycles. The molecule has 2 rings (SSSR count). The van der Waals surface area contributed by atoms with Gasteiger partial charge in [0, 0.05) is 33.7 Å². The van der Waals surface area contributed by atoms with Crippen LogP contribution >= 0.6 is 0 Å². The number of ether oxygens (including phenoxy) is 1. The Labute approximate surface area is 156 Å². The highest BCUT2D eigenvalue weighted by atomic mass is 19.4. The van der Waals surface area contributed by atoms with Crippen LogP contribution in [0.25, 0.3) is 0 Å². The minimum absolute atomic E-state index is 0.0176. The van der Waals surface area contributed by atoms with Crippen molar-refractivity contribution in [2.24, 2.45) is 0 Å². The molecule has 0 radical (unpaired) electrons. The molecule has 156 valence electrons. The SMILES string of the molecule is COCC1C(=O)N(Cc2cc(C(F)(F)F)cc(C(F)(F)F)c2)CCN1C(C)=O. The minimum atomic E-state index is -4.97. The smallest absolute Gasteiger partial charge is 0.382 e. The second-order valence-electron chi connectivity index (χ2n) is 6.36. The Kier molecular flexibility index (Phi) is 6.27. The molecule has 1 aromatic carbocycles. The molecular formula is C17H18F6N2O3. The molecule has 0 aromatic heterocycles. The third-order valence-electron chi connectivity index (χ3n) is 4.33. The Morgan fingerprint density at radius 3 is 2.04 bits per heavy atom. The molecule has 1 aromatic rings. The van der Waals surface area contributed by atoms with Crippen molar-refractivity contribution in [1.29, 1.82) is 0 Å². The number of halogens is 6. The summed E-state index contributed by atoms with van der Waals surface area (Å²) in [4.78, 5) is 26.6. The summed E-state index contributed by atoms with van der Waals surface area (Å²) >= 11 is 0. The first kappa shape index (κ1) is 22.0. The van der Waals surface area contributed by atoms with E-state index in [2.05, 4.69) is 0 Å². The first-order valence-electron chi connectivity index (χ1n) is 8.18. The number of rotatable bonds is 4. The van der Waals surface area contributed by atoms with Gasteiger partial charge < -0.3 is 14.5 Å². The maximum Gasteiger partial charge on any atom is 0.416 e. The summed E-state index contributed by atoms with van der Waals surface area (Å²) in [6.07, 6.45) is -9.93. The van der Waals surface area contributed by atoms with Crippen molar-refractivity contribution in [2.45, 2.75) is 31.9 Å². The number of carbonyl (C=O) groups is 2. The van der Waals surface area contributed by atoms with Gasteiger partial charge in [-0.25, -0.2) is 0 Å². The van der Waals surface area contributed by atoms with Gasteiger partial charge in [0.15, 0.2) is 0 Å². The van der Waals surface area contributed by atoms with Crippen LogP contribution in [-0.2, 0) is 33.2 Å². The van der Waals surface area contributed by atoms with E-state index in [9.17, 15) is 35.9 Å². The number of benzene rings is 1. The third kappa shape index (κ3) is 4.94. The lowest BCUT2D eigenvalue weighted by Gasteiger charge is -2.40. The normalized spacial score (nSPS) is 18.6. The molecule has 2 amide bonds. The fraction of sp³-hybridized carbons (Fsp3) is 0.529. The maximum atomic E-state index is 13.0. The molecule has 0 aliphatic carbocycles. The Morgan fingerprint density at radius 2 is 1.61 bits per heavy atom. The molecule has 0 N–H and O–H groups in total. The molecule has 5 nitrogen and oxygen atoms in total. The lowest BCUT2D eigenvalue weighted by atomic mass is 10.0. The van der Waals surface area contributed by atoms with Crippen LogP contribution in [0.3, 0.4) is 0 Å². The van der Waals surface area contributed by atoms with E-state index in [1.165, 1.54) is 18.9 Å². The maximum absolute atomic E-state index is 13.0. The topological polar surface area (TPSA) is 49.9 Å². The minimum Gasteiger partial charge on any atom is -0.382 e. The van der Waals surface area contributed by atoms with Gasteiger partial charge >= 0.3 is 12.4 Å². The fourth-order valence-corrected chi connectivity index (χ4v) is 3.02. The van der Waals surface area contributed by atoms with Gasteiger partial charge in [-0.05, 0) is 23.8 Å². The highest BCUT2D eigenvalue weighted by Gasteiger charge is 2.39. The number of hydrogen-bond acceptors (Lipinski definition) is 3. The van der Waals surface area contributed by atoms with Gasteiger partial charge in [-0.2, -0.15) is 26.3 Å². The Hall–Kier alpha value is -2.30. The predicted octanol–water partition coefficient (Wildman–Crippen LogP) is 2.93. The van der Waals surface area contributed by atoms with Gasteiger partial charge in [0.1, 0.15) is 6.04 Å². The van der Waals surface area contributed by atoms with Crippen molar-refractivity contribution in [3.63, 3.8) is 0 Å². The fourth-order valence-electron chi connectivity index (χ4n) is 3.02. The number of alkyl halides is 6. The largest absolute Gasteiger partial charge is 0.416 e. The van der Waals surface area contributed by atoms with E-state index in [4.69, 9.17) is 4.74 Å². The number of carbonyl (C=O) groups excluding carboxylic acids is 2. The summed E-state index contributed by atoms with van der Waals surface area (Å²) in [6.45, 7) is 0.757. The van der Waals surface area contributed by atoms with E-state index in [0.29, 0.717) is 12.1 Å². The van der Waals surface area contributed by atoms with E-state index in [0.717, 1.165) is 4.90 Å². The lowest BCUT2D eigenvalue weighted by Crippen LogP contribution is -2.59. The summed E-state index contributed by atoms with van der Waals surface area (Å²) in [5, 5.41) is 0. The second-order valence-corrected chi connectivity index (χ2v) is 6.36. The quantitative estimate of drug-likeness (QED) is 0.715. The lowest BCUT2D eigenvalue weighted by molar-refractivity contribution is -0.153. The molecular weight excluding hydrogens is 394 g/mol. The van der Waals surface area contributed by atoms with Crippen LogP contribution in [-0.4, -0.2) is 54.5 Å². The summed E-state index contributed by atoms with van der Waals surface area (Å²) < 4.78 is 82.8. The molecule has 11 heteroatoms. The van der Waals surface area contributed by atoms with E-state index < -0.39 is 42.0 Å². The zero-order chi connectivity index (χ0) is 21.3. The summed E-state index contributed by atoms with van der Waals surface area (Å²) in [7, 11) is 1.31. The number of hydrogen-bond donors (Lipinski definition) is 0. The van der Waals surface area contributed by atoms with E-state index in [1.807, 2.05) is 0 Å². The number of amides is 2. The van der Waals surface area contributed by atoms with Gasteiger partial charge in [0.2, 0.25) is 11.8 Å². The van der Waals surface area contributed by atoms with Crippen molar-refractivity contribution in [2.75, 3.05) is 26.8 Å². The average molecular weight is 412 g/mol. The summed E-state index contributed by atoms with van der Waals surface area (Å²) in [5.74, 6) is -0.984.